The summed E-state index contributed by atoms with van der Waals surface area (Å²) in [6.45, 7) is 1.87. The van der Waals surface area contributed by atoms with Gasteiger partial charge in [0.05, 0.1) is 5.56 Å². The SMILES string of the molecule is Cc1cc(Nc2ccc(OC(=O)c3ccccc3F)cc2)n2nc(-c3cccnc3)nc2n1. The van der Waals surface area contributed by atoms with E-state index in [9.17, 15) is 9.18 Å². The van der Waals surface area contributed by atoms with Gasteiger partial charge in [0.2, 0.25) is 0 Å². The van der Waals surface area contributed by atoms with Crippen molar-refractivity contribution < 1.29 is 13.9 Å². The molecule has 0 aliphatic heterocycles. The molecule has 0 aliphatic carbocycles. The molecule has 0 saturated carbocycles. The summed E-state index contributed by atoms with van der Waals surface area (Å²) in [4.78, 5) is 25.3. The molecule has 8 nitrogen and oxygen atoms in total. The summed E-state index contributed by atoms with van der Waals surface area (Å²) in [5.74, 6) is 0.536. The third kappa shape index (κ3) is 4.24. The molecular weight excluding hydrogens is 423 g/mol. The topological polar surface area (TPSA) is 94.3 Å². The van der Waals surface area contributed by atoms with Crippen molar-refractivity contribution in [3.8, 4) is 17.1 Å². The molecule has 0 spiro atoms. The molecule has 1 N–H and O–H groups in total. The van der Waals surface area contributed by atoms with Crippen molar-refractivity contribution in [2.45, 2.75) is 6.92 Å². The van der Waals surface area contributed by atoms with Gasteiger partial charge in [-0.25, -0.2) is 14.2 Å². The van der Waals surface area contributed by atoms with E-state index in [1.807, 2.05) is 25.1 Å². The first-order valence-electron chi connectivity index (χ1n) is 10.1. The van der Waals surface area contributed by atoms with E-state index in [1.165, 1.54) is 18.2 Å². The van der Waals surface area contributed by atoms with Crippen LogP contribution in [0.5, 0.6) is 5.75 Å². The zero-order valence-corrected chi connectivity index (χ0v) is 17.4. The van der Waals surface area contributed by atoms with Crippen LogP contribution in [0.4, 0.5) is 15.9 Å². The Bertz CT molecular complexity index is 1450. The number of hydrogen-bond donors (Lipinski definition) is 1. The first-order chi connectivity index (χ1) is 16.1. The van der Waals surface area contributed by atoms with Gasteiger partial charge in [0.25, 0.3) is 5.78 Å². The number of nitrogens with zero attached hydrogens (tertiary/aromatic N) is 5. The third-order valence-electron chi connectivity index (χ3n) is 4.79. The molecule has 0 atom stereocenters. The minimum absolute atomic E-state index is 0.120. The van der Waals surface area contributed by atoms with E-state index in [0.29, 0.717) is 23.2 Å². The Morgan fingerprint density at radius 3 is 2.61 bits per heavy atom. The normalized spacial score (nSPS) is 10.8. The lowest BCUT2D eigenvalue weighted by Crippen LogP contribution is -2.10. The number of benzene rings is 2. The van der Waals surface area contributed by atoms with Gasteiger partial charge in [-0.2, -0.15) is 9.50 Å². The number of nitrogens with one attached hydrogen (secondary N) is 1. The van der Waals surface area contributed by atoms with Crippen LogP contribution in [0.15, 0.2) is 79.1 Å². The summed E-state index contributed by atoms with van der Waals surface area (Å²) in [6, 6.07) is 17.9. The van der Waals surface area contributed by atoms with Gasteiger partial charge < -0.3 is 10.1 Å². The number of halogens is 1. The summed E-state index contributed by atoms with van der Waals surface area (Å²) in [5.41, 5.74) is 2.16. The average molecular weight is 440 g/mol. The Balaban J connectivity index is 1.38. The fraction of sp³-hybridized carbons (Fsp3) is 0.0417. The molecule has 3 heterocycles. The van der Waals surface area contributed by atoms with Gasteiger partial charge in [-0.3, -0.25) is 4.98 Å². The predicted molar refractivity (Wildman–Crippen MR) is 120 cm³/mol. The number of carbonyl (C=O) groups excluding carboxylic acids is 1. The molecule has 0 bridgehead atoms. The smallest absolute Gasteiger partial charge is 0.346 e. The predicted octanol–water partition coefficient (Wildman–Crippen LogP) is 4.60. The minimum atomic E-state index is -0.758. The summed E-state index contributed by atoms with van der Waals surface area (Å²) in [6.07, 6.45) is 3.38. The molecule has 0 fully saturated rings. The maximum absolute atomic E-state index is 13.8. The molecule has 33 heavy (non-hydrogen) atoms. The van der Waals surface area contributed by atoms with E-state index in [-0.39, 0.29) is 5.56 Å². The first-order valence-corrected chi connectivity index (χ1v) is 10.1. The van der Waals surface area contributed by atoms with Crippen LogP contribution in [0.25, 0.3) is 17.2 Å². The van der Waals surface area contributed by atoms with Crippen molar-refractivity contribution in [3.63, 3.8) is 0 Å². The van der Waals surface area contributed by atoms with E-state index in [1.54, 1.807) is 47.2 Å². The maximum Gasteiger partial charge on any atom is 0.346 e. The molecule has 5 rings (SSSR count). The van der Waals surface area contributed by atoms with Crippen LogP contribution >= 0.6 is 0 Å². The standard InChI is InChI=1S/C24H17FN6O2/c1-15-13-21(31-24(27-15)29-22(30-31)16-5-4-12-26-14-16)28-17-8-10-18(11-9-17)33-23(32)19-6-2-3-7-20(19)25/h2-14,28H,1H3. The number of aromatic nitrogens is 5. The number of ether oxygens (including phenoxy) is 1. The molecule has 2 aromatic carbocycles. The van der Waals surface area contributed by atoms with Gasteiger partial charge in [0.15, 0.2) is 5.82 Å². The molecule has 9 heteroatoms. The molecule has 0 amide bonds. The molecule has 0 saturated heterocycles. The molecule has 0 radical (unpaired) electrons. The number of aryl methyl sites for hydroxylation is 1. The molecule has 162 valence electrons. The van der Waals surface area contributed by atoms with Gasteiger partial charge >= 0.3 is 5.97 Å². The number of rotatable bonds is 5. The number of carbonyl (C=O) groups is 1. The van der Waals surface area contributed by atoms with Crippen LogP contribution in [-0.4, -0.2) is 30.5 Å². The van der Waals surface area contributed by atoms with Gasteiger partial charge in [-0.15, -0.1) is 5.10 Å². The van der Waals surface area contributed by atoms with Crippen LogP contribution in [0.3, 0.4) is 0 Å². The molecule has 3 aromatic heterocycles. The lowest BCUT2D eigenvalue weighted by molar-refractivity contribution is 0.0730. The van der Waals surface area contributed by atoms with E-state index in [2.05, 4.69) is 25.4 Å². The number of pyridine rings is 1. The van der Waals surface area contributed by atoms with Gasteiger partial charge in [0.1, 0.15) is 17.4 Å². The highest BCUT2D eigenvalue weighted by molar-refractivity contribution is 5.91. The van der Waals surface area contributed by atoms with E-state index in [0.717, 1.165) is 16.9 Å². The van der Waals surface area contributed by atoms with Gasteiger partial charge in [-0.1, -0.05) is 12.1 Å². The van der Waals surface area contributed by atoms with Crippen molar-refractivity contribution in [3.05, 3.63) is 96.2 Å². The second-order valence-corrected chi connectivity index (χ2v) is 7.19. The first kappa shape index (κ1) is 20.3. The fourth-order valence-electron chi connectivity index (χ4n) is 3.24. The van der Waals surface area contributed by atoms with Gasteiger partial charge in [-0.05, 0) is 55.5 Å². The van der Waals surface area contributed by atoms with Crippen molar-refractivity contribution in [1.82, 2.24) is 24.6 Å². The Morgan fingerprint density at radius 1 is 1.03 bits per heavy atom. The van der Waals surface area contributed by atoms with Crippen LogP contribution in [0.2, 0.25) is 0 Å². The largest absolute Gasteiger partial charge is 0.423 e. The number of esters is 1. The van der Waals surface area contributed by atoms with Gasteiger partial charge in [0, 0.05) is 35.4 Å². The Morgan fingerprint density at radius 2 is 1.85 bits per heavy atom. The number of fused-ring (bicyclic) bond motifs is 1. The Labute approximate surface area is 187 Å². The third-order valence-corrected chi connectivity index (χ3v) is 4.79. The number of anilines is 2. The summed E-state index contributed by atoms with van der Waals surface area (Å²) in [7, 11) is 0. The lowest BCUT2D eigenvalue weighted by Gasteiger charge is -2.10. The second kappa shape index (κ2) is 8.46. The van der Waals surface area contributed by atoms with Crippen LogP contribution in [-0.2, 0) is 0 Å². The van der Waals surface area contributed by atoms with Crippen molar-refractivity contribution in [1.29, 1.82) is 0 Å². The van der Waals surface area contributed by atoms with Crippen molar-refractivity contribution >= 4 is 23.3 Å². The number of hydrogen-bond acceptors (Lipinski definition) is 7. The van der Waals surface area contributed by atoms with Crippen molar-refractivity contribution in [2.24, 2.45) is 0 Å². The molecule has 0 unspecified atom stereocenters. The lowest BCUT2D eigenvalue weighted by atomic mass is 10.2. The molecule has 5 aromatic rings. The highest BCUT2D eigenvalue weighted by atomic mass is 19.1. The van der Waals surface area contributed by atoms with E-state index in [4.69, 9.17) is 4.74 Å². The molecular formula is C24H17FN6O2. The van der Waals surface area contributed by atoms with Crippen LogP contribution in [0, 0.1) is 12.7 Å². The zero-order valence-electron chi connectivity index (χ0n) is 17.4. The fourth-order valence-corrected chi connectivity index (χ4v) is 3.24. The Hall–Kier alpha value is -4.66. The average Bonchev–Trinajstić information content (AvgIpc) is 3.25. The zero-order chi connectivity index (χ0) is 22.8. The Kier molecular flexibility index (Phi) is 5.19. The second-order valence-electron chi connectivity index (χ2n) is 7.19. The quantitative estimate of drug-likeness (QED) is 0.315. The maximum atomic E-state index is 13.8. The van der Waals surface area contributed by atoms with E-state index < -0.39 is 11.8 Å². The highest BCUT2D eigenvalue weighted by Crippen LogP contribution is 2.23. The summed E-state index contributed by atoms with van der Waals surface area (Å²) >= 11 is 0. The van der Waals surface area contributed by atoms with Crippen LogP contribution in [0.1, 0.15) is 16.1 Å². The monoisotopic (exact) mass is 440 g/mol. The van der Waals surface area contributed by atoms with Crippen molar-refractivity contribution in [2.75, 3.05) is 5.32 Å². The minimum Gasteiger partial charge on any atom is -0.423 e. The molecule has 0 aliphatic rings. The van der Waals surface area contributed by atoms with E-state index >= 15 is 0 Å². The van der Waals surface area contributed by atoms with Crippen LogP contribution < -0.4 is 10.1 Å². The summed E-state index contributed by atoms with van der Waals surface area (Å²) in [5, 5.41) is 7.83. The highest BCUT2D eigenvalue weighted by Gasteiger charge is 2.14. The summed E-state index contributed by atoms with van der Waals surface area (Å²) < 4.78 is 20.7.